The number of rotatable bonds is 5. The molecule has 1 aromatic rings. The highest BCUT2D eigenvalue weighted by atomic mass is 32.1. The molecule has 1 saturated heterocycles. The molecule has 1 atom stereocenters. The van der Waals surface area contributed by atoms with Crippen LogP contribution >= 0.6 is 11.3 Å². The number of Topliss-reactive ketones (excluding diaryl/α,β-unsaturated/α-hetero) is 1. The summed E-state index contributed by atoms with van der Waals surface area (Å²) in [7, 11) is -1.13. The van der Waals surface area contributed by atoms with E-state index in [9.17, 15) is 14.6 Å². The summed E-state index contributed by atoms with van der Waals surface area (Å²) in [6.07, 6.45) is 1.66. The van der Waals surface area contributed by atoms with Crippen molar-refractivity contribution in [3.05, 3.63) is 22.4 Å². The number of nitrogens with zero attached hydrogens (tertiary/aromatic N) is 1. The fraction of sp³-hybridized carbons (Fsp3) is 0.538. The third-order valence-electron chi connectivity index (χ3n) is 3.18. The summed E-state index contributed by atoms with van der Waals surface area (Å²) in [5.41, 5.74) is 0. The summed E-state index contributed by atoms with van der Waals surface area (Å²) >= 11 is 1.53. The van der Waals surface area contributed by atoms with E-state index in [1.165, 1.54) is 23.3 Å². The predicted molar refractivity (Wildman–Crippen MR) is 80.5 cm³/mol. The first-order valence-electron chi connectivity index (χ1n) is 6.95. The molecule has 0 aliphatic carbocycles. The molecule has 0 saturated carbocycles. The highest BCUT2D eigenvalue weighted by Crippen LogP contribution is 2.13. The number of nitrogens with one attached hydrogen (secondary N) is 1. The van der Waals surface area contributed by atoms with Crippen molar-refractivity contribution < 1.29 is 19.4 Å². The summed E-state index contributed by atoms with van der Waals surface area (Å²) < 4.78 is 5.33. The average molecular weight is 310 g/mol. The number of carbonyl (C=O) groups excluding carboxylic acids is 2. The Balaban J connectivity index is 1.85. The van der Waals surface area contributed by atoms with Crippen molar-refractivity contribution in [1.29, 1.82) is 0 Å². The first-order valence-corrected chi connectivity index (χ1v) is 7.83. The molecule has 8 heteroatoms. The number of thiophene rings is 1. The molecule has 0 radical (unpaired) electrons. The summed E-state index contributed by atoms with van der Waals surface area (Å²) in [5, 5.41) is 16.2. The topological polar surface area (TPSA) is 78.9 Å². The van der Waals surface area contributed by atoms with Crippen LogP contribution in [0.15, 0.2) is 17.5 Å². The lowest BCUT2D eigenvalue weighted by molar-refractivity contribution is -0.130. The fourth-order valence-corrected chi connectivity index (χ4v) is 2.95. The minimum atomic E-state index is -1.13. The average Bonchev–Trinajstić information content (AvgIpc) is 2.83. The summed E-state index contributed by atoms with van der Waals surface area (Å²) in [6, 6.07) is 3.80. The molecule has 6 nitrogen and oxygen atoms in total. The summed E-state index contributed by atoms with van der Waals surface area (Å²) in [5.74, 6) is -0.609. The largest absolute Gasteiger partial charge is 0.495 e. The van der Waals surface area contributed by atoms with E-state index < -0.39 is 13.1 Å². The second-order valence-electron chi connectivity index (χ2n) is 5.13. The number of hydrogen-bond acceptors (Lipinski definition) is 6. The smallest absolute Gasteiger partial charge is 0.425 e. The number of hydroxylamine groups is 2. The zero-order valence-corrected chi connectivity index (χ0v) is 12.8. The van der Waals surface area contributed by atoms with E-state index >= 15 is 0 Å². The van der Waals surface area contributed by atoms with Crippen LogP contribution in [0.3, 0.4) is 0 Å². The Morgan fingerprint density at radius 1 is 1.62 bits per heavy atom. The van der Waals surface area contributed by atoms with Gasteiger partial charge in [0, 0.05) is 11.4 Å². The van der Waals surface area contributed by atoms with Gasteiger partial charge in [0.25, 0.3) is 0 Å². The van der Waals surface area contributed by atoms with E-state index in [2.05, 4.69) is 5.32 Å². The van der Waals surface area contributed by atoms with Crippen molar-refractivity contribution in [2.24, 2.45) is 0 Å². The molecule has 2 rings (SSSR count). The van der Waals surface area contributed by atoms with Crippen LogP contribution in [-0.4, -0.2) is 47.9 Å². The van der Waals surface area contributed by atoms with E-state index in [-0.39, 0.29) is 18.2 Å². The Morgan fingerprint density at radius 2 is 2.43 bits per heavy atom. The first-order chi connectivity index (χ1) is 10.0. The molecule has 2 heterocycles. The van der Waals surface area contributed by atoms with Gasteiger partial charge in [-0.05, 0) is 31.2 Å². The number of carbonyl (C=O) groups is 2. The lowest BCUT2D eigenvalue weighted by atomic mass is 9.77. The third kappa shape index (κ3) is 5.24. The number of hydrogen-bond donors (Lipinski definition) is 2. The maximum absolute atomic E-state index is 12.0. The lowest BCUT2D eigenvalue weighted by Gasteiger charge is -2.21. The molecule has 0 bridgehead atoms. The van der Waals surface area contributed by atoms with Gasteiger partial charge in [-0.2, -0.15) is 5.06 Å². The molecule has 0 unspecified atom stereocenters. The highest BCUT2D eigenvalue weighted by Gasteiger charge is 2.33. The molecule has 1 aliphatic heterocycles. The Bertz CT molecular complexity index is 483. The van der Waals surface area contributed by atoms with Gasteiger partial charge in [0.2, 0.25) is 5.91 Å². The van der Waals surface area contributed by atoms with Gasteiger partial charge in [-0.15, -0.1) is 11.3 Å². The van der Waals surface area contributed by atoms with Crippen molar-refractivity contribution in [1.82, 2.24) is 10.4 Å². The van der Waals surface area contributed by atoms with Crippen molar-refractivity contribution in [2.75, 3.05) is 13.1 Å². The monoisotopic (exact) mass is 310 g/mol. The normalized spacial score (nSPS) is 20.1. The molecule has 1 aromatic heterocycles. The minimum Gasteiger partial charge on any atom is -0.425 e. The molecular formula is C13H19BN2O4S. The van der Waals surface area contributed by atoms with Crippen molar-refractivity contribution in [2.45, 2.75) is 32.1 Å². The van der Waals surface area contributed by atoms with Gasteiger partial charge in [-0.1, -0.05) is 6.07 Å². The number of ketones is 1. The van der Waals surface area contributed by atoms with E-state index in [4.69, 9.17) is 4.76 Å². The van der Waals surface area contributed by atoms with Gasteiger partial charge < -0.3 is 15.1 Å². The summed E-state index contributed by atoms with van der Waals surface area (Å²) in [6.45, 7) is 2.18. The second kappa shape index (κ2) is 7.70. The van der Waals surface area contributed by atoms with Crippen LogP contribution in [0, 0.1) is 0 Å². The van der Waals surface area contributed by atoms with Crippen LogP contribution in [0.25, 0.3) is 0 Å². The zero-order chi connectivity index (χ0) is 15.2. The summed E-state index contributed by atoms with van der Waals surface area (Å²) in [4.78, 5) is 24.0. The Hall–Kier alpha value is -1.22. The highest BCUT2D eigenvalue weighted by molar-refractivity contribution is 7.10. The standard InChI is InChI=1S/C13H19BN2O4S/c1-10(17)9-16-6-2-5-12(14(19)20-16)15-13(18)8-11-4-3-7-21-11/h3-4,7,12,19H,2,5-6,8-9H2,1H3,(H,15,18)/t12-/m0/s1. The van der Waals surface area contributed by atoms with Gasteiger partial charge in [0.15, 0.2) is 0 Å². The fourth-order valence-electron chi connectivity index (χ4n) is 2.25. The predicted octanol–water partition coefficient (Wildman–Crippen LogP) is 0.411. The Morgan fingerprint density at radius 3 is 3.10 bits per heavy atom. The van der Waals surface area contributed by atoms with Gasteiger partial charge in [0.1, 0.15) is 5.78 Å². The molecule has 21 heavy (non-hydrogen) atoms. The van der Waals surface area contributed by atoms with Crippen molar-refractivity contribution in [3.8, 4) is 0 Å². The van der Waals surface area contributed by atoms with Crippen LogP contribution in [-0.2, 0) is 20.8 Å². The maximum Gasteiger partial charge on any atom is 0.495 e. The van der Waals surface area contributed by atoms with Gasteiger partial charge in [-0.25, -0.2) is 0 Å². The minimum absolute atomic E-state index is 0.0256. The molecule has 114 valence electrons. The molecule has 1 fully saturated rings. The second-order valence-corrected chi connectivity index (χ2v) is 6.17. The molecule has 0 spiro atoms. The van der Waals surface area contributed by atoms with E-state index in [1.807, 2.05) is 17.5 Å². The van der Waals surface area contributed by atoms with Gasteiger partial charge >= 0.3 is 7.12 Å². The van der Waals surface area contributed by atoms with Crippen molar-refractivity contribution in [3.63, 3.8) is 0 Å². The first kappa shape index (κ1) is 16.2. The van der Waals surface area contributed by atoms with Crippen molar-refractivity contribution >= 4 is 30.1 Å². The van der Waals surface area contributed by atoms with E-state index in [0.717, 1.165) is 11.3 Å². The van der Waals surface area contributed by atoms with E-state index in [1.54, 1.807) is 0 Å². The SMILES string of the molecule is CC(=O)CN1CCC[C@H](NC(=O)Cc2cccs2)B(O)O1. The Labute approximate surface area is 128 Å². The van der Waals surface area contributed by atoms with Gasteiger partial charge in [0.05, 0.1) is 18.9 Å². The van der Waals surface area contributed by atoms with E-state index in [0.29, 0.717) is 19.4 Å². The van der Waals surface area contributed by atoms with Crippen LogP contribution in [0.5, 0.6) is 0 Å². The van der Waals surface area contributed by atoms with Crippen LogP contribution < -0.4 is 5.32 Å². The molecule has 0 aromatic carbocycles. The lowest BCUT2D eigenvalue weighted by Crippen LogP contribution is -2.49. The molecule has 2 N–H and O–H groups in total. The quantitative estimate of drug-likeness (QED) is 0.770. The van der Waals surface area contributed by atoms with Gasteiger partial charge in [-0.3, -0.25) is 9.59 Å². The zero-order valence-electron chi connectivity index (χ0n) is 11.9. The molecular weight excluding hydrogens is 291 g/mol. The van der Waals surface area contributed by atoms with Crippen LogP contribution in [0.2, 0.25) is 0 Å². The van der Waals surface area contributed by atoms with Crippen LogP contribution in [0.4, 0.5) is 0 Å². The molecule has 1 amide bonds. The number of amides is 1. The Kier molecular flexibility index (Phi) is 5.92. The molecule has 1 aliphatic rings. The van der Waals surface area contributed by atoms with Crippen LogP contribution in [0.1, 0.15) is 24.6 Å². The maximum atomic E-state index is 12.0. The third-order valence-corrected chi connectivity index (χ3v) is 4.06.